The zero-order valence-electron chi connectivity index (χ0n) is 10.9. The Morgan fingerprint density at radius 3 is 2.67 bits per heavy atom. The second-order valence-corrected chi connectivity index (χ2v) is 4.29. The topological polar surface area (TPSA) is 107 Å². The smallest absolute Gasteiger partial charge is 0.389 e. The maximum Gasteiger partial charge on any atom is 0.389 e. The van der Waals surface area contributed by atoms with Crippen molar-refractivity contribution in [2.45, 2.75) is 31.5 Å². The van der Waals surface area contributed by atoms with Gasteiger partial charge in [0.1, 0.15) is 6.04 Å². The highest BCUT2D eigenvalue weighted by molar-refractivity contribution is 5.82. The number of nitrogens with zero attached hydrogens (tertiary/aromatic N) is 1. The highest BCUT2D eigenvalue weighted by Gasteiger charge is 2.26. The van der Waals surface area contributed by atoms with E-state index in [-0.39, 0.29) is 19.4 Å². The molecule has 0 aliphatic heterocycles. The summed E-state index contributed by atoms with van der Waals surface area (Å²) in [5, 5.41) is 13.3. The molecule has 0 bridgehead atoms. The van der Waals surface area contributed by atoms with Crippen LogP contribution in [0.3, 0.4) is 0 Å². The molecular weight excluding hydrogens is 293 g/mol. The van der Waals surface area contributed by atoms with Gasteiger partial charge in [0, 0.05) is 31.3 Å². The number of alkyl halides is 3. The molecule has 0 radical (unpaired) electrons. The van der Waals surface area contributed by atoms with E-state index >= 15 is 0 Å². The van der Waals surface area contributed by atoms with Gasteiger partial charge in [-0.3, -0.25) is 0 Å². The van der Waals surface area contributed by atoms with Crippen LogP contribution in [0.15, 0.2) is 12.5 Å². The zero-order chi connectivity index (χ0) is 15.9. The number of halogens is 3. The molecule has 0 aliphatic carbocycles. The summed E-state index contributed by atoms with van der Waals surface area (Å²) in [4.78, 5) is 28.8. The minimum absolute atomic E-state index is 0.00863. The van der Waals surface area contributed by atoms with Crippen LogP contribution in [0.2, 0.25) is 0 Å². The van der Waals surface area contributed by atoms with Crippen molar-refractivity contribution in [1.29, 1.82) is 0 Å². The Hall–Kier alpha value is -2.26. The molecule has 0 aliphatic rings. The van der Waals surface area contributed by atoms with Crippen molar-refractivity contribution in [2.75, 3.05) is 6.54 Å². The summed E-state index contributed by atoms with van der Waals surface area (Å²) in [6, 6.07) is -2.03. The molecule has 10 heteroatoms. The normalized spacial score (nSPS) is 12.7. The van der Waals surface area contributed by atoms with Crippen LogP contribution >= 0.6 is 0 Å². The summed E-state index contributed by atoms with van der Waals surface area (Å²) in [7, 11) is 0. The molecular formula is C11H15F3N4O3. The number of nitrogens with one attached hydrogen (secondary N) is 3. The number of carboxylic acid groups (broad SMARTS) is 1. The maximum atomic E-state index is 11.9. The summed E-state index contributed by atoms with van der Waals surface area (Å²) in [5.41, 5.74) is 0.514. The van der Waals surface area contributed by atoms with Gasteiger partial charge in [0.2, 0.25) is 0 Å². The zero-order valence-corrected chi connectivity index (χ0v) is 10.9. The summed E-state index contributed by atoms with van der Waals surface area (Å²) in [6.07, 6.45) is -2.78. The number of carbonyl (C=O) groups excluding carboxylic acids is 1. The largest absolute Gasteiger partial charge is 0.480 e. The predicted octanol–water partition coefficient (Wildman–Crippen LogP) is 1.05. The van der Waals surface area contributed by atoms with Crippen molar-refractivity contribution >= 4 is 12.0 Å². The average molecular weight is 308 g/mol. The number of carboxylic acids is 1. The van der Waals surface area contributed by atoms with Crippen LogP contribution in [-0.4, -0.2) is 45.8 Å². The molecule has 0 saturated heterocycles. The van der Waals surface area contributed by atoms with Gasteiger partial charge in [0.25, 0.3) is 0 Å². The molecule has 4 N–H and O–H groups in total. The first-order chi connectivity index (χ1) is 9.78. The lowest BCUT2D eigenvalue weighted by atomic mass is 10.2. The van der Waals surface area contributed by atoms with E-state index in [1.54, 1.807) is 0 Å². The highest BCUT2D eigenvalue weighted by Crippen LogP contribution is 2.20. The molecule has 0 fully saturated rings. The van der Waals surface area contributed by atoms with E-state index in [0.717, 1.165) is 0 Å². The molecule has 118 valence electrons. The van der Waals surface area contributed by atoms with Crippen LogP contribution in [0.5, 0.6) is 0 Å². The second-order valence-electron chi connectivity index (χ2n) is 4.29. The first-order valence-corrected chi connectivity index (χ1v) is 6.09. The number of carbonyl (C=O) groups is 2. The fourth-order valence-electron chi connectivity index (χ4n) is 1.52. The summed E-state index contributed by atoms with van der Waals surface area (Å²) >= 11 is 0. The van der Waals surface area contributed by atoms with E-state index < -0.39 is 30.6 Å². The number of aromatic amines is 1. The van der Waals surface area contributed by atoms with Crippen molar-refractivity contribution in [3.05, 3.63) is 18.2 Å². The van der Waals surface area contributed by atoms with Gasteiger partial charge in [-0.25, -0.2) is 14.6 Å². The predicted molar refractivity (Wildman–Crippen MR) is 65.5 cm³/mol. The van der Waals surface area contributed by atoms with E-state index in [1.807, 2.05) is 0 Å². The fraction of sp³-hybridized carbons (Fsp3) is 0.545. The maximum absolute atomic E-state index is 11.9. The van der Waals surface area contributed by atoms with Gasteiger partial charge in [0.15, 0.2) is 0 Å². The Balaban J connectivity index is 2.34. The minimum atomic E-state index is -4.28. The molecule has 21 heavy (non-hydrogen) atoms. The van der Waals surface area contributed by atoms with E-state index in [1.165, 1.54) is 12.5 Å². The van der Waals surface area contributed by atoms with Crippen molar-refractivity contribution in [3.63, 3.8) is 0 Å². The van der Waals surface area contributed by atoms with Gasteiger partial charge in [0.05, 0.1) is 6.33 Å². The summed E-state index contributed by atoms with van der Waals surface area (Å²) < 4.78 is 35.7. The number of aromatic nitrogens is 2. The van der Waals surface area contributed by atoms with Crippen LogP contribution < -0.4 is 10.6 Å². The molecule has 0 saturated carbocycles. The lowest BCUT2D eigenvalue weighted by Gasteiger charge is -2.14. The number of hydrogen-bond donors (Lipinski definition) is 4. The van der Waals surface area contributed by atoms with E-state index in [0.29, 0.717) is 5.69 Å². The van der Waals surface area contributed by atoms with Gasteiger partial charge < -0.3 is 20.7 Å². The van der Waals surface area contributed by atoms with Crippen LogP contribution in [-0.2, 0) is 11.2 Å². The van der Waals surface area contributed by atoms with Gasteiger partial charge in [-0.2, -0.15) is 13.2 Å². The highest BCUT2D eigenvalue weighted by atomic mass is 19.4. The number of rotatable bonds is 7. The molecule has 1 aromatic heterocycles. The van der Waals surface area contributed by atoms with E-state index in [2.05, 4.69) is 20.6 Å². The second kappa shape index (κ2) is 7.50. The van der Waals surface area contributed by atoms with E-state index in [4.69, 9.17) is 5.11 Å². The standard InChI is InChI=1S/C11H15F3N4O3/c12-11(13,14)2-1-3-16-10(21)18-8(9(19)20)4-7-5-15-6-17-7/h5-6,8H,1-4H2,(H,15,17)(H,19,20)(H2,16,18,21)/t8-/m0/s1. The van der Waals surface area contributed by atoms with Gasteiger partial charge in [-0.15, -0.1) is 0 Å². The third-order valence-corrected chi connectivity index (χ3v) is 2.50. The van der Waals surface area contributed by atoms with Crippen molar-refractivity contribution < 1.29 is 27.9 Å². The third-order valence-electron chi connectivity index (χ3n) is 2.50. The van der Waals surface area contributed by atoms with E-state index in [9.17, 15) is 22.8 Å². The monoisotopic (exact) mass is 308 g/mol. The molecule has 1 atom stereocenters. The van der Waals surface area contributed by atoms with Crippen LogP contribution in [0, 0.1) is 0 Å². The minimum Gasteiger partial charge on any atom is -0.480 e. The molecule has 1 heterocycles. The number of urea groups is 1. The van der Waals surface area contributed by atoms with Crippen molar-refractivity contribution in [1.82, 2.24) is 20.6 Å². The first-order valence-electron chi connectivity index (χ1n) is 6.09. The Labute approximate surface area is 117 Å². The number of H-pyrrole nitrogens is 1. The molecule has 2 amide bonds. The SMILES string of the molecule is O=C(NCCCC(F)(F)F)N[C@@H](Cc1cnc[nH]1)C(=O)O. The number of amides is 2. The number of aliphatic carboxylic acids is 1. The average Bonchev–Trinajstić information content (AvgIpc) is 2.85. The Kier molecular flexibility index (Phi) is 6.00. The van der Waals surface area contributed by atoms with Crippen LogP contribution in [0.4, 0.5) is 18.0 Å². The molecule has 0 unspecified atom stereocenters. The number of imidazole rings is 1. The van der Waals surface area contributed by atoms with Crippen LogP contribution in [0.25, 0.3) is 0 Å². The third kappa shape index (κ3) is 7.18. The fourth-order valence-corrected chi connectivity index (χ4v) is 1.52. The van der Waals surface area contributed by atoms with Crippen molar-refractivity contribution in [2.24, 2.45) is 0 Å². The Bertz CT molecular complexity index is 462. The molecule has 0 aromatic carbocycles. The lowest BCUT2D eigenvalue weighted by Crippen LogP contribution is -2.47. The molecule has 1 aromatic rings. The molecule has 0 spiro atoms. The Morgan fingerprint density at radius 1 is 1.43 bits per heavy atom. The van der Waals surface area contributed by atoms with Crippen LogP contribution in [0.1, 0.15) is 18.5 Å². The van der Waals surface area contributed by atoms with Gasteiger partial charge in [-0.05, 0) is 6.42 Å². The summed E-state index contributed by atoms with van der Waals surface area (Å²) in [5.74, 6) is -1.25. The van der Waals surface area contributed by atoms with Gasteiger partial charge in [-0.1, -0.05) is 0 Å². The quantitative estimate of drug-likeness (QED) is 0.565. The first kappa shape index (κ1) is 16.8. The molecule has 1 rings (SSSR count). The number of hydrogen-bond acceptors (Lipinski definition) is 3. The summed E-state index contributed by atoms with van der Waals surface area (Å²) in [6.45, 7) is -0.193. The lowest BCUT2D eigenvalue weighted by molar-refractivity contribution is -0.139. The Morgan fingerprint density at radius 2 is 2.14 bits per heavy atom. The molecule has 7 nitrogen and oxygen atoms in total. The van der Waals surface area contributed by atoms with Crippen molar-refractivity contribution in [3.8, 4) is 0 Å². The van der Waals surface area contributed by atoms with Gasteiger partial charge >= 0.3 is 18.2 Å².